The molecule has 0 N–H and O–H groups in total. The highest BCUT2D eigenvalue weighted by Gasteiger charge is 2.36. The number of hydrogen-bond acceptors (Lipinski definition) is 0. The molecule has 0 radical (unpaired) electrons. The van der Waals surface area contributed by atoms with Crippen LogP contribution in [-0.2, 0) is 18.0 Å². The molecule has 0 saturated heterocycles. The second kappa shape index (κ2) is 21.1. The largest absolute Gasteiger partial charge is 0.416 e. The van der Waals surface area contributed by atoms with Crippen LogP contribution in [0.3, 0.4) is 0 Å². The van der Waals surface area contributed by atoms with Crippen molar-refractivity contribution < 1.29 is 13.2 Å². The van der Waals surface area contributed by atoms with E-state index in [0.29, 0.717) is 5.56 Å². The minimum Gasteiger partial charge on any atom is -0.166 e. The van der Waals surface area contributed by atoms with Crippen LogP contribution in [0.4, 0.5) is 13.2 Å². The number of fused-ring (bicyclic) bond motifs is 5. The Hall–Kier alpha value is -6.19. The maximum atomic E-state index is 12.0. The van der Waals surface area contributed by atoms with Crippen molar-refractivity contribution in [3.05, 3.63) is 237 Å². The van der Waals surface area contributed by atoms with Crippen molar-refractivity contribution in [1.29, 1.82) is 0 Å². The molecule has 1 aliphatic carbocycles. The lowest BCUT2D eigenvalue weighted by atomic mass is 9.81. The van der Waals surface area contributed by atoms with Crippen molar-refractivity contribution in [3.63, 3.8) is 0 Å². The Morgan fingerprint density at radius 2 is 0.919 bits per heavy atom. The lowest BCUT2D eigenvalue weighted by Crippen LogP contribution is -2.15. The number of halogens is 3. The lowest BCUT2D eigenvalue weighted by Gasteiger charge is -2.22. The minimum absolute atomic E-state index is 0.0888. The van der Waals surface area contributed by atoms with Gasteiger partial charge in [-0.05, 0) is 127 Å². The molecule has 0 heterocycles. The summed E-state index contributed by atoms with van der Waals surface area (Å²) in [6, 6.07) is 59.2. The van der Waals surface area contributed by atoms with E-state index in [1.807, 2.05) is 36.4 Å². The van der Waals surface area contributed by atoms with E-state index in [0.717, 1.165) is 18.6 Å². The predicted octanol–water partition coefficient (Wildman–Crippen LogP) is 17.3. The summed E-state index contributed by atoms with van der Waals surface area (Å²) < 4.78 is 35.9. The molecule has 0 atom stereocenters. The van der Waals surface area contributed by atoms with Crippen LogP contribution in [0.5, 0.6) is 0 Å². The van der Waals surface area contributed by atoms with Crippen molar-refractivity contribution >= 4 is 10.8 Å². The van der Waals surface area contributed by atoms with E-state index in [2.05, 4.69) is 178 Å². The maximum Gasteiger partial charge on any atom is 0.416 e. The van der Waals surface area contributed by atoms with Gasteiger partial charge in [0.05, 0.1) is 5.56 Å². The van der Waals surface area contributed by atoms with Gasteiger partial charge in [0, 0.05) is 5.41 Å². The quantitative estimate of drug-likeness (QED) is 0.163. The fourth-order valence-electron chi connectivity index (χ4n) is 7.89. The zero-order chi connectivity index (χ0) is 45.0. The molecule has 0 aromatic heterocycles. The van der Waals surface area contributed by atoms with Crippen molar-refractivity contribution in [1.82, 2.24) is 0 Å². The second-order valence-electron chi connectivity index (χ2n) is 16.8. The average Bonchev–Trinajstić information content (AvgIpc) is 3.47. The molecule has 8 aromatic rings. The van der Waals surface area contributed by atoms with Gasteiger partial charge in [0.15, 0.2) is 0 Å². The predicted molar refractivity (Wildman–Crippen MR) is 260 cm³/mol. The van der Waals surface area contributed by atoms with E-state index in [9.17, 15) is 13.2 Å². The number of benzene rings is 8. The van der Waals surface area contributed by atoms with Crippen molar-refractivity contribution in [2.75, 3.05) is 0 Å². The summed E-state index contributed by atoms with van der Waals surface area (Å²) in [5, 5.41) is 2.77. The highest BCUT2D eigenvalue weighted by Crippen LogP contribution is 2.52. The molecule has 0 spiro atoms. The van der Waals surface area contributed by atoms with Crippen LogP contribution in [0, 0.1) is 48.5 Å². The van der Waals surface area contributed by atoms with E-state index < -0.39 is 11.7 Å². The molecule has 0 unspecified atom stereocenters. The maximum absolute atomic E-state index is 12.0. The first kappa shape index (κ1) is 46.9. The topological polar surface area (TPSA) is 0 Å². The minimum atomic E-state index is -4.22. The number of alkyl halides is 3. The van der Waals surface area contributed by atoms with Gasteiger partial charge in [-0.2, -0.15) is 13.2 Å². The van der Waals surface area contributed by atoms with Crippen LogP contribution < -0.4 is 0 Å². The first-order valence-corrected chi connectivity index (χ1v) is 21.5. The summed E-state index contributed by atoms with van der Waals surface area (Å²) >= 11 is 0. The van der Waals surface area contributed by atoms with Crippen LogP contribution in [0.15, 0.2) is 176 Å². The number of rotatable bonds is 2. The SMILES string of the molecule is CCc1ccc(-c2ccccc2C)c(C)c1.Cc1ccc2c(c1)C(C)(C)c1cc(C)c3ccccc3c1-2.Cc1cccc(C(F)(F)F)c1.Cc1ccccc1.Cc1ccccc1. The number of aryl methyl sites for hydroxylation is 8. The average molecular weight is 827 g/mol. The smallest absolute Gasteiger partial charge is 0.166 e. The zero-order valence-corrected chi connectivity index (χ0v) is 38.1. The molecule has 0 nitrogen and oxygen atoms in total. The standard InChI is InChI=1S/C21H20.C16H18.C8H7F3.2C7H8/c1-13-9-10-17-18(11-13)21(3,4)19-12-14(2)15-7-5-6-8-16(15)20(17)19;1-4-14-9-10-16(13(3)11-14)15-8-6-5-7-12(15)2;1-6-3-2-4-7(5-6)8(9,10)11;2*1-7-5-3-2-4-6-7/h5-12H,1-4H3;5-11H,4H2,1-3H3;2-5H,1H3;2*2-6H,1H3. The monoisotopic (exact) mass is 826 g/mol. The van der Waals surface area contributed by atoms with Gasteiger partial charge in [-0.3, -0.25) is 0 Å². The zero-order valence-electron chi connectivity index (χ0n) is 38.1. The highest BCUT2D eigenvalue weighted by molar-refractivity contribution is 6.03. The van der Waals surface area contributed by atoms with Gasteiger partial charge in [-0.25, -0.2) is 0 Å². The Morgan fingerprint density at radius 1 is 0.403 bits per heavy atom. The molecule has 0 saturated carbocycles. The van der Waals surface area contributed by atoms with Gasteiger partial charge < -0.3 is 0 Å². The van der Waals surface area contributed by atoms with E-state index in [1.165, 1.54) is 89.2 Å². The van der Waals surface area contributed by atoms with E-state index >= 15 is 0 Å². The summed E-state index contributed by atoms with van der Waals surface area (Å²) in [4.78, 5) is 0. The van der Waals surface area contributed by atoms with Crippen LogP contribution >= 0.6 is 0 Å². The van der Waals surface area contributed by atoms with Gasteiger partial charge in [0.25, 0.3) is 0 Å². The normalized spacial score (nSPS) is 11.8. The Bertz CT molecular complexity index is 2650. The van der Waals surface area contributed by atoms with Crippen molar-refractivity contribution in [3.8, 4) is 22.3 Å². The Morgan fingerprint density at radius 3 is 1.44 bits per heavy atom. The third-order valence-electron chi connectivity index (χ3n) is 11.4. The van der Waals surface area contributed by atoms with Gasteiger partial charge in [0.1, 0.15) is 0 Å². The molecule has 318 valence electrons. The molecule has 0 bridgehead atoms. The first-order chi connectivity index (χ1) is 29.5. The van der Waals surface area contributed by atoms with Gasteiger partial charge in [-0.1, -0.05) is 213 Å². The van der Waals surface area contributed by atoms with Crippen LogP contribution in [0.25, 0.3) is 33.0 Å². The molecular formula is C59H61F3. The summed E-state index contributed by atoms with van der Waals surface area (Å²) in [6.07, 6.45) is -3.11. The molecule has 8 aromatic carbocycles. The van der Waals surface area contributed by atoms with Gasteiger partial charge >= 0.3 is 6.18 Å². The van der Waals surface area contributed by atoms with Crippen molar-refractivity contribution in [2.24, 2.45) is 0 Å². The van der Waals surface area contributed by atoms with E-state index in [4.69, 9.17) is 0 Å². The summed E-state index contributed by atoms with van der Waals surface area (Å²) in [7, 11) is 0. The fraction of sp³-hybridized carbons (Fsp3) is 0.220. The molecular weight excluding hydrogens is 766 g/mol. The van der Waals surface area contributed by atoms with Gasteiger partial charge in [-0.15, -0.1) is 0 Å². The fourth-order valence-corrected chi connectivity index (χ4v) is 7.89. The Balaban J connectivity index is 0.000000157. The molecule has 0 aliphatic heterocycles. The van der Waals surface area contributed by atoms with Crippen LogP contribution in [0.2, 0.25) is 0 Å². The molecule has 0 fully saturated rings. The highest BCUT2D eigenvalue weighted by atomic mass is 19.4. The van der Waals surface area contributed by atoms with Gasteiger partial charge in [0.2, 0.25) is 0 Å². The van der Waals surface area contributed by atoms with Crippen molar-refractivity contribution in [2.45, 2.75) is 87.2 Å². The Labute approximate surface area is 369 Å². The summed E-state index contributed by atoms with van der Waals surface area (Å²) in [5.41, 5.74) is 18.1. The number of hydrogen-bond donors (Lipinski definition) is 0. The summed E-state index contributed by atoms with van der Waals surface area (Å²) in [6.45, 7) is 21.5. The summed E-state index contributed by atoms with van der Waals surface area (Å²) in [5.74, 6) is 0. The molecule has 62 heavy (non-hydrogen) atoms. The first-order valence-electron chi connectivity index (χ1n) is 21.5. The molecule has 9 rings (SSSR count). The lowest BCUT2D eigenvalue weighted by molar-refractivity contribution is -0.137. The van der Waals surface area contributed by atoms with Crippen LogP contribution in [0.1, 0.15) is 82.0 Å². The molecule has 1 aliphatic rings. The third kappa shape index (κ3) is 12.0. The van der Waals surface area contributed by atoms with E-state index in [-0.39, 0.29) is 5.41 Å². The third-order valence-corrected chi connectivity index (χ3v) is 11.4. The van der Waals surface area contributed by atoms with E-state index in [1.54, 1.807) is 13.0 Å². The Kier molecular flexibility index (Phi) is 15.9. The molecule has 0 amide bonds. The van der Waals surface area contributed by atoms with Crippen LogP contribution in [-0.4, -0.2) is 0 Å². The second-order valence-corrected chi connectivity index (χ2v) is 16.8. The molecule has 3 heteroatoms.